The Morgan fingerprint density at radius 3 is 2.53 bits per heavy atom. The number of carbonyl (C=O) groups is 1. The van der Waals surface area contributed by atoms with Crippen molar-refractivity contribution in [1.82, 2.24) is 0 Å². The van der Waals surface area contributed by atoms with Crippen molar-refractivity contribution >= 4 is 17.7 Å². The lowest BCUT2D eigenvalue weighted by Crippen LogP contribution is -2.08. The Hall–Kier alpha value is -1.17. The molecule has 0 amide bonds. The number of aromatic carboxylic acids is 1. The zero-order chi connectivity index (χ0) is 11.2. The van der Waals surface area contributed by atoms with Crippen LogP contribution >= 0.6 is 11.8 Å². The summed E-state index contributed by atoms with van der Waals surface area (Å²) in [5.41, 5.74) is -0.521. The first kappa shape index (κ1) is 10.4. The maximum Gasteiger partial charge on any atom is 0.416 e. The van der Waals surface area contributed by atoms with Crippen LogP contribution in [0.25, 0.3) is 0 Å². The first-order chi connectivity index (χ1) is 6.89. The number of thioether (sulfide) groups is 1. The molecule has 2 bridgehead atoms. The summed E-state index contributed by atoms with van der Waals surface area (Å²) in [4.78, 5) is 11.0. The monoisotopic (exact) mass is 234 g/mol. The fourth-order valence-corrected chi connectivity index (χ4v) is 2.57. The molecule has 0 saturated heterocycles. The van der Waals surface area contributed by atoms with Gasteiger partial charge in [-0.1, -0.05) is 0 Å². The molecule has 1 aliphatic rings. The average molecular weight is 234 g/mol. The van der Waals surface area contributed by atoms with Gasteiger partial charge >= 0.3 is 12.1 Å². The van der Waals surface area contributed by atoms with Crippen LogP contribution in [0, 0.1) is 0 Å². The Morgan fingerprint density at radius 1 is 1.40 bits per heavy atom. The number of carboxylic acids is 1. The molecular weight excluding hydrogens is 229 g/mol. The average Bonchev–Trinajstić information content (AvgIpc) is 2.35. The quantitative estimate of drug-likeness (QED) is 0.811. The van der Waals surface area contributed by atoms with E-state index in [1.54, 1.807) is 0 Å². The van der Waals surface area contributed by atoms with Gasteiger partial charge in [-0.05, 0) is 17.7 Å². The molecule has 0 spiro atoms. The van der Waals surface area contributed by atoms with E-state index in [4.69, 9.17) is 5.11 Å². The van der Waals surface area contributed by atoms with Crippen LogP contribution in [0.1, 0.15) is 21.5 Å². The molecule has 2 rings (SSSR count). The molecular formula is C9H5F3O2S. The van der Waals surface area contributed by atoms with E-state index in [2.05, 4.69) is 0 Å². The minimum Gasteiger partial charge on any atom is -0.478 e. The van der Waals surface area contributed by atoms with Crippen LogP contribution in [0.15, 0.2) is 17.0 Å². The Labute approximate surface area is 87.1 Å². The molecule has 0 aromatic heterocycles. The van der Waals surface area contributed by atoms with E-state index in [-0.39, 0.29) is 16.0 Å². The number of benzene rings is 1. The van der Waals surface area contributed by atoms with Crippen molar-refractivity contribution in [2.45, 2.75) is 16.8 Å². The lowest BCUT2D eigenvalue weighted by atomic mass is 10.1. The summed E-state index contributed by atoms with van der Waals surface area (Å²) >= 11 is 1.12. The van der Waals surface area contributed by atoms with E-state index in [1.165, 1.54) is 0 Å². The summed E-state index contributed by atoms with van der Waals surface area (Å²) in [6, 6.07) is 1.80. The lowest BCUT2D eigenvalue weighted by molar-refractivity contribution is -0.137. The highest BCUT2D eigenvalue weighted by Crippen LogP contribution is 2.42. The highest BCUT2D eigenvalue weighted by atomic mass is 32.2. The first-order valence-electron chi connectivity index (χ1n) is 4.00. The van der Waals surface area contributed by atoms with Crippen LogP contribution in [0.4, 0.5) is 13.2 Å². The summed E-state index contributed by atoms with van der Waals surface area (Å²) in [7, 11) is 0. The van der Waals surface area contributed by atoms with Gasteiger partial charge in [0, 0.05) is 10.6 Å². The number of hydrogen-bond acceptors (Lipinski definition) is 2. The molecule has 6 heteroatoms. The zero-order valence-corrected chi connectivity index (χ0v) is 8.08. The maximum absolute atomic E-state index is 12.4. The fourth-order valence-electron chi connectivity index (χ4n) is 1.46. The van der Waals surface area contributed by atoms with E-state index in [1.807, 2.05) is 0 Å². The van der Waals surface area contributed by atoms with E-state index < -0.39 is 17.7 Å². The molecule has 0 atom stereocenters. The Bertz CT molecular complexity index is 414. The van der Waals surface area contributed by atoms with Gasteiger partial charge in [0.25, 0.3) is 0 Å². The normalized spacial score (nSPS) is 14.3. The molecule has 0 unspecified atom stereocenters. The molecule has 1 aromatic rings. The van der Waals surface area contributed by atoms with Gasteiger partial charge in [-0.2, -0.15) is 13.2 Å². The Balaban J connectivity index is 2.57. The van der Waals surface area contributed by atoms with Crippen LogP contribution < -0.4 is 0 Å². The molecule has 0 aliphatic carbocycles. The highest BCUT2D eigenvalue weighted by molar-refractivity contribution is 7.99. The van der Waals surface area contributed by atoms with Crippen molar-refractivity contribution in [1.29, 1.82) is 0 Å². The number of halogens is 3. The largest absolute Gasteiger partial charge is 0.478 e. The van der Waals surface area contributed by atoms with Crippen molar-refractivity contribution in [3.05, 3.63) is 28.8 Å². The van der Waals surface area contributed by atoms with Crippen molar-refractivity contribution in [3.8, 4) is 0 Å². The van der Waals surface area contributed by atoms with Crippen molar-refractivity contribution in [3.63, 3.8) is 0 Å². The zero-order valence-electron chi connectivity index (χ0n) is 7.26. The van der Waals surface area contributed by atoms with Gasteiger partial charge < -0.3 is 5.11 Å². The van der Waals surface area contributed by atoms with Crippen LogP contribution in [0.5, 0.6) is 0 Å². The second-order valence-electron chi connectivity index (χ2n) is 3.10. The number of hydrogen-bond donors (Lipinski definition) is 1. The number of fused-ring (bicyclic) bond motifs is 2. The smallest absolute Gasteiger partial charge is 0.416 e. The second-order valence-corrected chi connectivity index (χ2v) is 4.12. The van der Waals surface area contributed by atoms with E-state index >= 15 is 0 Å². The Morgan fingerprint density at radius 2 is 2.07 bits per heavy atom. The van der Waals surface area contributed by atoms with E-state index in [0.29, 0.717) is 5.75 Å². The van der Waals surface area contributed by atoms with Gasteiger partial charge in [-0.15, -0.1) is 11.8 Å². The van der Waals surface area contributed by atoms with E-state index in [0.717, 1.165) is 23.9 Å². The third-order valence-electron chi connectivity index (χ3n) is 2.11. The van der Waals surface area contributed by atoms with Crippen molar-refractivity contribution < 1.29 is 23.1 Å². The van der Waals surface area contributed by atoms with E-state index in [9.17, 15) is 18.0 Å². The predicted molar refractivity (Wildman–Crippen MR) is 48.0 cm³/mol. The second kappa shape index (κ2) is 3.16. The minimum absolute atomic E-state index is 0.00741. The van der Waals surface area contributed by atoms with Crippen LogP contribution in [0.3, 0.4) is 0 Å². The third kappa shape index (κ3) is 1.69. The van der Waals surface area contributed by atoms with Crippen molar-refractivity contribution in [2.75, 3.05) is 0 Å². The van der Waals surface area contributed by atoms with Gasteiger partial charge in [0.1, 0.15) is 0 Å². The van der Waals surface area contributed by atoms with Gasteiger partial charge in [-0.25, -0.2) is 4.79 Å². The maximum atomic E-state index is 12.4. The number of rotatable bonds is 1. The first-order valence-corrected chi connectivity index (χ1v) is 4.98. The SMILES string of the molecule is O=C(O)c1c2cc(C(F)(F)F)cc1SC2. The molecule has 2 nitrogen and oxygen atoms in total. The third-order valence-corrected chi connectivity index (χ3v) is 3.20. The molecule has 80 valence electrons. The summed E-state index contributed by atoms with van der Waals surface area (Å²) in [5, 5.41) is 8.79. The minimum atomic E-state index is -4.41. The van der Waals surface area contributed by atoms with Crippen LogP contribution in [-0.4, -0.2) is 11.1 Å². The predicted octanol–water partition coefficient (Wildman–Crippen LogP) is 3.01. The fraction of sp³-hybridized carbons (Fsp3) is 0.222. The molecule has 1 N–H and O–H groups in total. The molecule has 1 aromatic carbocycles. The van der Waals surface area contributed by atoms with Gasteiger partial charge in [0.05, 0.1) is 11.1 Å². The summed E-state index contributed by atoms with van der Waals surface area (Å²) in [6.07, 6.45) is -4.41. The molecule has 0 radical (unpaired) electrons. The molecule has 1 heterocycles. The summed E-state index contributed by atoms with van der Waals surface area (Å²) < 4.78 is 37.1. The number of alkyl halides is 3. The van der Waals surface area contributed by atoms with Gasteiger partial charge in [0.15, 0.2) is 0 Å². The van der Waals surface area contributed by atoms with Crippen LogP contribution in [-0.2, 0) is 11.9 Å². The highest BCUT2D eigenvalue weighted by Gasteiger charge is 2.34. The molecule has 15 heavy (non-hydrogen) atoms. The lowest BCUT2D eigenvalue weighted by Gasteiger charge is -2.08. The molecule has 0 saturated carbocycles. The summed E-state index contributed by atoms with van der Waals surface area (Å²) in [5.74, 6) is -0.869. The topological polar surface area (TPSA) is 37.3 Å². The van der Waals surface area contributed by atoms with Gasteiger partial charge in [-0.3, -0.25) is 0 Å². The molecule has 0 fully saturated rings. The van der Waals surface area contributed by atoms with Crippen LogP contribution in [0.2, 0.25) is 0 Å². The van der Waals surface area contributed by atoms with Crippen molar-refractivity contribution in [2.24, 2.45) is 0 Å². The Kier molecular flexibility index (Phi) is 2.18. The van der Waals surface area contributed by atoms with Gasteiger partial charge in [0.2, 0.25) is 0 Å². The molecule has 1 aliphatic heterocycles. The summed E-state index contributed by atoms with van der Waals surface area (Å²) in [6.45, 7) is 0. The number of carboxylic acid groups (broad SMARTS) is 1. The standard InChI is InChI=1S/C9H5F3O2S/c10-9(11,12)5-1-4-3-15-6(2-5)7(4)8(13)14/h1-2H,3H2,(H,13,14).